The van der Waals surface area contributed by atoms with Gasteiger partial charge in [-0.1, -0.05) is 5.21 Å². The molecule has 14 heavy (non-hydrogen) atoms. The van der Waals surface area contributed by atoms with Crippen LogP contribution in [0.4, 0.5) is 0 Å². The Bertz CT molecular complexity index is 296. The first kappa shape index (κ1) is 11.1. The number of hydrogen-bond donors (Lipinski definition) is 1. The maximum atomic E-state index is 10.0. The summed E-state index contributed by atoms with van der Waals surface area (Å²) in [6, 6.07) is 0. The lowest BCUT2D eigenvalue weighted by Crippen LogP contribution is -2.33. The Balaban J connectivity index is 2.84. The zero-order chi connectivity index (χ0) is 10.8. The number of ether oxygens (including phenoxy) is 1. The molecule has 0 radical (unpaired) electrons. The molecule has 0 aromatic carbocycles. The predicted octanol–water partition coefficient (Wildman–Crippen LogP) is 0.664. The summed E-state index contributed by atoms with van der Waals surface area (Å²) in [4.78, 5) is 0. The highest BCUT2D eigenvalue weighted by Gasteiger charge is 2.31. The Morgan fingerprint density at radius 3 is 2.71 bits per heavy atom. The number of hydrogen-bond acceptors (Lipinski definition) is 4. The number of aromatic nitrogens is 3. The molecule has 1 atom stereocenters. The van der Waals surface area contributed by atoms with Gasteiger partial charge in [-0.25, -0.2) is 4.68 Å². The summed E-state index contributed by atoms with van der Waals surface area (Å²) in [7, 11) is 1.74. The van der Waals surface area contributed by atoms with Crippen molar-refractivity contribution in [2.75, 3.05) is 6.61 Å². The first-order valence-electron chi connectivity index (χ1n) is 4.65. The van der Waals surface area contributed by atoms with Crippen molar-refractivity contribution in [1.29, 1.82) is 0 Å². The van der Waals surface area contributed by atoms with Gasteiger partial charge in [-0.15, -0.1) is 5.10 Å². The maximum absolute atomic E-state index is 10.0. The fourth-order valence-electron chi connectivity index (χ4n) is 1.35. The van der Waals surface area contributed by atoms with Crippen LogP contribution in [0.5, 0.6) is 0 Å². The summed E-state index contributed by atoms with van der Waals surface area (Å²) >= 11 is 0. The molecule has 0 fully saturated rings. The molecular weight excluding hydrogens is 182 g/mol. The second-order valence-corrected chi connectivity index (χ2v) is 3.72. The van der Waals surface area contributed by atoms with Gasteiger partial charge in [0.2, 0.25) is 0 Å². The fraction of sp³-hybridized carbons (Fsp3) is 0.778. The van der Waals surface area contributed by atoms with Gasteiger partial charge in [0.1, 0.15) is 6.10 Å². The van der Waals surface area contributed by atoms with Gasteiger partial charge in [0.25, 0.3) is 0 Å². The lowest BCUT2D eigenvalue weighted by atomic mass is 9.99. The van der Waals surface area contributed by atoms with Crippen LogP contribution in [0.3, 0.4) is 0 Å². The van der Waals surface area contributed by atoms with E-state index in [1.807, 2.05) is 20.8 Å². The van der Waals surface area contributed by atoms with E-state index >= 15 is 0 Å². The third kappa shape index (κ3) is 2.10. The average Bonchev–Trinajstić information content (AvgIpc) is 2.50. The minimum absolute atomic E-state index is 0.565. The van der Waals surface area contributed by atoms with Crippen LogP contribution in [-0.4, -0.2) is 32.3 Å². The molecule has 0 saturated heterocycles. The van der Waals surface area contributed by atoms with E-state index in [1.54, 1.807) is 17.9 Å². The molecule has 80 valence electrons. The number of aliphatic hydroxyl groups excluding tert-OH is 1. The van der Waals surface area contributed by atoms with Crippen molar-refractivity contribution in [1.82, 2.24) is 15.0 Å². The lowest BCUT2D eigenvalue weighted by molar-refractivity contribution is -0.101. The third-order valence-electron chi connectivity index (χ3n) is 2.20. The van der Waals surface area contributed by atoms with Gasteiger partial charge in [-0.2, -0.15) is 0 Å². The van der Waals surface area contributed by atoms with Crippen molar-refractivity contribution in [3.63, 3.8) is 0 Å². The zero-order valence-electron chi connectivity index (χ0n) is 9.06. The zero-order valence-corrected chi connectivity index (χ0v) is 9.06. The van der Waals surface area contributed by atoms with Crippen LogP contribution in [0.25, 0.3) is 0 Å². The minimum atomic E-state index is -0.720. The molecule has 0 aliphatic carbocycles. The van der Waals surface area contributed by atoms with Crippen LogP contribution in [-0.2, 0) is 11.8 Å². The van der Waals surface area contributed by atoms with E-state index in [0.29, 0.717) is 12.3 Å². The smallest absolute Gasteiger partial charge is 0.126 e. The fourth-order valence-corrected chi connectivity index (χ4v) is 1.35. The van der Waals surface area contributed by atoms with Crippen molar-refractivity contribution >= 4 is 0 Å². The highest BCUT2D eigenvalue weighted by Crippen LogP contribution is 2.27. The van der Waals surface area contributed by atoms with Crippen molar-refractivity contribution < 1.29 is 9.84 Å². The largest absolute Gasteiger partial charge is 0.384 e. The third-order valence-corrected chi connectivity index (χ3v) is 2.20. The first-order chi connectivity index (χ1) is 6.49. The van der Waals surface area contributed by atoms with E-state index in [-0.39, 0.29) is 0 Å². The highest BCUT2D eigenvalue weighted by atomic mass is 16.5. The molecule has 5 heteroatoms. The standard InChI is InChI=1S/C9H17N3O2/c1-5-14-9(2,3)8(13)7-6-10-11-12(7)4/h6,8,13H,5H2,1-4H3. The Labute approximate surface area is 83.7 Å². The van der Waals surface area contributed by atoms with Gasteiger partial charge < -0.3 is 9.84 Å². The second kappa shape index (κ2) is 4.06. The van der Waals surface area contributed by atoms with Crippen molar-refractivity contribution in [2.45, 2.75) is 32.5 Å². The second-order valence-electron chi connectivity index (χ2n) is 3.72. The Kier molecular flexibility index (Phi) is 3.23. The van der Waals surface area contributed by atoms with E-state index in [4.69, 9.17) is 4.74 Å². The average molecular weight is 199 g/mol. The SMILES string of the molecule is CCOC(C)(C)C(O)c1cnnn1C. The minimum Gasteiger partial charge on any atom is -0.384 e. The van der Waals surface area contributed by atoms with Crippen molar-refractivity contribution in [3.05, 3.63) is 11.9 Å². The molecule has 1 N–H and O–H groups in total. The van der Waals surface area contributed by atoms with Gasteiger partial charge >= 0.3 is 0 Å². The van der Waals surface area contributed by atoms with Gasteiger partial charge in [0.15, 0.2) is 0 Å². The Morgan fingerprint density at radius 1 is 1.64 bits per heavy atom. The molecule has 1 aromatic heterocycles. The van der Waals surface area contributed by atoms with E-state index < -0.39 is 11.7 Å². The molecule has 0 amide bonds. The molecule has 1 aromatic rings. The van der Waals surface area contributed by atoms with Crippen LogP contribution in [0.2, 0.25) is 0 Å². The number of rotatable bonds is 4. The van der Waals surface area contributed by atoms with E-state index in [2.05, 4.69) is 10.3 Å². The predicted molar refractivity (Wildman–Crippen MR) is 51.7 cm³/mol. The monoisotopic (exact) mass is 199 g/mol. The van der Waals surface area contributed by atoms with Crippen LogP contribution < -0.4 is 0 Å². The van der Waals surface area contributed by atoms with Crippen molar-refractivity contribution in [3.8, 4) is 0 Å². The molecule has 0 spiro atoms. The van der Waals surface area contributed by atoms with Crippen molar-refractivity contribution in [2.24, 2.45) is 7.05 Å². The van der Waals surface area contributed by atoms with Crippen LogP contribution in [0.1, 0.15) is 32.6 Å². The molecule has 1 unspecified atom stereocenters. The lowest BCUT2D eigenvalue weighted by Gasteiger charge is -2.29. The molecule has 1 heterocycles. The number of nitrogens with zero attached hydrogens (tertiary/aromatic N) is 3. The summed E-state index contributed by atoms with van der Waals surface area (Å²) in [5.41, 5.74) is 0.0352. The van der Waals surface area contributed by atoms with Gasteiger partial charge in [0, 0.05) is 13.7 Å². The molecule has 1 rings (SSSR count). The Morgan fingerprint density at radius 2 is 2.29 bits per heavy atom. The van der Waals surface area contributed by atoms with E-state index in [0.717, 1.165) is 0 Å². The molecule has 0 bridgehead atoms. The van der Waals surface area contributed by atoms with Gasteiger partial charge in [0.05, 0.1) is 17.5 Å². The summed E-state index contributed by atoms with van der Waals surface area (Å²) in [5, 5.41) is 17.5. The topological polar surface area (TPSA) is 60.2 Å². The van der Waals surface area contributed by atoms with Crippen LogP contribution in [0.15, 0.2) is 6.20 Å². The molecule has 5 nitrogen and oxygen atoms in total. The highest BCUT2D eigenvalue weighted by molar-refractivity contribution is 5.04. The van der Waals surface area contributed by atoms with Gasteiger partial charge in [-0.3, -0.25) is 0 Å². The molecule has 0 aliphatic heterocycles. The van der Waals surface area contributed by atoms with Crippen LogP contribution in [0, 0.1) is 0 Å². The van der Waals surface area contributed by atoms with Crippen LogP contribution >= 0.6 is 0 Å². The summed E-state index contributed by atoms with van der Waals surface area (Å²) in [5.74, 6) is 0. The Hall–Kier alpha value is -0.940. The maximum Gasteiger partial charge on any atom is 0.126 e. The number of aryl methyl sites for hydroxylation is 1. The summed E-state index contributed by atoms with van der Waals surface area (Å²) < 4.78 is 7.00. The quantitative estimate of drug-likeness (QED) is 0.774. The summed E-state index contributed by atoms with van der Waals surface area (Å²) in [6.07, 6.45) is 0.827. The molecule has 0 saturated carbocycles. The van der Waals surface area contributed by atoms with Gasteiger partial charge in [-0.05, 0) is 20.8 Å². The normalized spacial score (nSPS) is 14.4. The first-order valence-corrected chi connectivity index (χ1v) is 4.65. The van der Waals surface area contributed by atoms with E-state index in [1.165, 1.54) is 0 Å². The number of aliphatic hydroxyl groups is 1. The van der Waals surface area contributed by atoms with E-state index in [9.17, 15) is 5.11 Å². The summed E-state index contributed by atoms with van der Waals surface area (Å²) in [6.45, 7) is 6.15. The molecule has 0 aliphatic rings. The molecular formula is C9H17N3O2.